The molecular formula is C16H15BrN2O3. The Balaban J connectivity index is 1.70. The van der Waals surface area contributed by atoms with Crippen molar-refractivity contribution in [3.8, 4) is 5.75 Å². The molecule has 0 unspecified atom stereocenters. The lowest BCUT2D eigenvalue weighted by molar-refractivity contribution is -0.122. The highest BCUT2D eigenvalue weighted by molar-refractivity contribution is 9.10. The van der Waals surface area contributed by atoms with Crippen molar-refractivity contribution in [3.63, 3.8) is 0 Å². The largest absolute Gasteiger partial charge is 0.484 e. The van der Waals surface area contributed by atoms with E-state index in [1.165, 1.54) is 0 Å². The second kappa shape index (κ2) is 8.19. The number of hydrogen-bond donors (Lipinski definition) is 2. The summed E-state index contributed by atoms with van der Waals surface area (Å²) >= 11 is 3.31. The molecule has 0 aliphatic rings. The van der Waals surface area contributed by atoms with Crippen molar-refractivity contribution in [2.24, 2.45) is 0 Å². The molecule has 2 aromatic rings. The summed E-state index contributed by atoms with van der Waals surface area (Å²) in [5.41, 5.74) is 0.955. The number of halogens is 1. The number of carbonyl (C=O) groups is 2. The van der Waals surface area contributed by atoms with Crippen molar-refractivity contribution in [3.05, 3.63) is 64.6 Å². The number of ether oxygens (including phenoxy) is 1. The summed E-state index contributed by atoms with van der Waals surface area (Å²) in [5, 5.41) is 4.81. The van der Waals surface area contributed by atoms with Crippen LogP contribution in [0.3, 0.4) is 0 Å². The Morgan fingerprint density at radius 1 is 1.00 bits per heavy atom. The number of hydrogen-bond acceptors (Lipinski definition) is 3. The number of urea groups is 1. The van der Waals surface area contributed by atoms with Crippen molar-refractivity contribution < 1.29 is 14.3 Å². The van der Waals surface area contributed by atoms with E-state index in [2.05, 4.69) is 26.6 Å². The molecule has 2 N–H and O–H groups in total. The predicted octanol–water partition coefficient (Wildman–Crippen LogP) is 2.85. The van der Waals surface area contributed by atoms with Crippen molar-refractivity contribution in [2.45, 2.75) is 6.54 Å². The van der Waals surface area contributed by atoms with E-state index in [1.54, 1.807) is 24.3 Å². The van der Waals surface area contributed by atoms with Crippen LogP contribution in [0.2, 0.25) is 0 Å². The van der Waals surface area contributed by atoms with Crippen molar-refractivity contribution in [1.82, 2.24) is 10.6 Å². The van der Waals surface area contributed by atoms with E-state index >= 15 is 0 Å². The quantitative estimate of drug-likeness (QED) is 0.859. The normalized spacial score (nSPS) is 9.86. The third-order valence-corrected chi connectivity index (χ3v) is 3.26. The summed E-state index contributed by atoms with van der Waals surface area (Å²) in [6.07, 6.45) is 0. The molecule has 0 heterocycles. The van der Waals surface area contributed by atoms with Crippen molar-refractivity contribution >= 4 is 27.9 Å². The third kappa shape index (κ3) is 5.57. The molecule has 2 rings (SSSR count). The number of carbonyl (C=O) groups excluding carboxylic acids is 2. The van der Waals surface area contributed by atoms with Gasteiger partial charge in [-0.1, -0.05) is 46.3 Å². The van der Waals surface area contributed by atoms with Crippen LogP contribution in [0, 0.1) is 0 Å². The van der Waals surface area contributed by atoms with Crippen LogP contribution in [0.4, 0.5) is 4.79 Å². The second-order valence-electron chi connectivity index (χ2n) is 4.46. The molecule has 0 saturated heterocycles. The van der Waals surface area contributed by atoms with E-state index in [1.807, 2.05) is 30.3 Å². The minimum atomic E-state index is -0.548. The fourth-order valence-electron chi connectivity index (χ4n) is 1.66. The maximum absolute atomic E-state index is 11.6. The SMILES string of the molecule is O=C(COc1ccc(Br)cc1)NC(=O)NCc1ccccc1. The van der Waals surface area contributed by atoms with E-state index in [0.29, 0.717) is 12.3 Å². The number of nitrogens with one attached hydrogen (secondary N) is 2. The van der Waals surface area contributed by atoms with E-state index in [0.717, 1.165) is 10.0 Å². The van der Waals surface area contributed by atoms with E-state index in [4.69, 9.17) is 4.74 Å². The molecular weight excluding hydrogens is 348 g/mol. The summed E-state index contributed by atoms with van der Waals surface area (Å²) in [6.45, 7) is 0.133. The van der Waals surface area contributed by atoms with Gasteiger partial charge in [-0.25, -0.2) is 4.79 Å². The van der Waals surface area contributed by atoms with Gasteiger partial charge in [0.1, 0.15) is 5.75 Å². The maximum Gasteiger partial charge on any atom is 0.321 e. The summed E-state index contributed by atoms with van der Waals surface area (Å²) in [6, 6.07) is 16.0. The monoisotopic (exact) mass is 362 g/mol. The first-order valence-corrected chi connectivity index (χ1v) is 7.43. The van der Waals surface area contributed by atoms with Gasteiger partial charge in [-0.2, -0.15) is 0 Å². The molecule has 0 spiro atoms. The lowest BCUT2D eigenvalue weighted by atomic mass is 10.2. The van der Waals surface area contributed by atoms with Crippen LogP contribution in [-0.2, 0) is 11.3 Å². The Bertz CT molecular complexity index is 630. The first kappa shape index (κ1) is 16.0. The predicted molar refractivity (Wildman–Crippen MR) is 86.5 cm³/mol. The highest BCUT2D eigenvalue weighted by atomic mass is 79.9. The maximum atomic E-state index is 11.6. The van der Waals surface area contributed by atoms with Gasteiger partial charge in [-0.05, 0) is 29.8 Å². The van der Waals surface area contributed by atoms with Crippen LogP contribution in [-0.4, -0.2) is 18.5 Å². The van der Waals surface area contributed by atoms with Gasteiger partial charge in [0.25, 0.3) is 5.91 Å². The van der Waals surface area contributed by atoms with Gasteiger partial charge >= 0.3 is 6.03 Å². The van der Waals surface area contributed by atoms with Gasteiger partial charge in [0.05, 0.1) is 0 Å². The summed E-state index contributed by atoms with van der Waals surface area (Å²) < 4.78 is 6.19. The van der Waals surface area contributed by atoms with E-state index in [9.17, 15) is 9.59 Å². The molecule has 22 heavy (non-hydrogen) atoms. The molecule has 0 radical (unpaired) electrons. The first-order valence-electron chi connectivity index (χ1n) is 6.63. The Labute approximate surface area is 136 Å². The van der Waals surface area contributed by atoms with Gasteiger partial charge in [-0.3, -0.25) is 10.1 Å². The second-order valence-corrected chi connectivity index (χ2v) is 5.37. The molecule has 6 heteroatoms. The Morgan fingerprint density at radius 2 is 1.68 bits per heavy atom. The zero-order valence-corrected chi connectivity index (χ0v) is 13.3. The number of benzene rings is 2. The zero-order valence-electron chi connectivity index (χ0n) is 11.7. The molecule has 5 nitrogen and oxygen atoms in total. The summed E-state index contributed by atoms with van der Waals surface area (Å²) in [4.78, 5) is 23.2. The van der Waals surface area contributed by atoms with Crippen LogP contribution < -0.4 is 15.4 Å². The average molecular weight is 363 g/mol. The fourth-order valence-corrected chi connectivity index (χ4v) is 1.93. The van der Waals surface area contributed by atoms with Crippen molar-refractivity contribution in [1.29, 1.82) is 0 Å². The van der Waals surface area contributed by atoms with Gasteiger partial charge in [0.15, 0.2) is 6.61 Å². The molecule has 114 valence electrons. The van der Waals surface area contributed by atoms with Gasteiger partial charge < -0.3 is 10.1 Å². The number of imide groups is 1. The van der Waals surface area contributed by atoms with Crippen LogP contribution >= 0.6 is 15.9 Å². The molecule has 0 fully saturated rings. The van der Waals surface area contributed by atoms with Gasteiger partial charge in [0, 0.05) is 11.0 Å². The average Bonchev–Trinajstić information content (AvgIpc) is 2.53. The van der Waals surface area contributed by atoms with E-state index in [-0.39, 0.29) is 6.61 Å². The van der Waals surface area contributed by atoms with Crippen LogP contribution in [0.15, 0.2) is 59.1 Å². The lowest BCUT2D eigenvalue weighted by Crippen LogP contribution is -2.41. The van der Waals surface area contributed by atoms with E-state index < -0.39 is 11.9 Å². The van der Waals surface area contributed by atoms with Crippen LogP contribution in [0.5, 0.6) is 5.75 Å². The summed E-state index contributed by atoms with van der Waals surface area (Å²) in [5.74, 6) is 0.0523. The highest BCUT2D eigenvalue weighted by Gasteiger charge is 2.08. The Kier molecular flexibility index (Phi) is 5.97. The molecule has 3 amide bonds. The molecule has 0 atom stereocenters. The molecule has 0 saturated carbocycles. The van der Waals surface area contributed by atoms with Crippen LogP contribution in [0.25, 0.3) is 0 Å². The zero-order chi connectivity index (χ0) is 15.8. The number of amides is 3. The topological polar surface area (TPSA) is 67.4 Å². The third-order valence-electron chi connectivity index (χ3n) is 2.73. The first-order chi connectivity index (χ1) is 10.6. The van der Waals surface area contributed by atoms with Crippen LogP contribution in [0.1, 0.15) is 5.56 Å². The fraction of sp³-hybridized carbons (Fsp3) is 0.125. The minimum Gasteiger partial charge on any atom is -0.484 e. The van der Waals surface area contributed by atoms with Gasteiger partial charge in [0.2, 0.25) is 0 Å². The smallest absolute Gasteiger partial charge is 0.321 e. The molecule has 0 bridgehead atoms. The minimum absolute atomic E-state index is 0.222. The molecule has 0 aliphatic carbocycles. The molecule has 0 aromatic heterocycles. The standard InChI is InChI=1S/C16H15BrN2O3/c17-13-6-8-14(9-7-13)22-11-15(20)19-16(21)18-10-12-4-2-1-3-5-12/h1-9H,10-11H2,(H2,18,19,20,21). The summed E-state index contributed by atoms with van der Waals surface area (Å²) in [7, 11) is 0. The lowest BCUT2D eigenvalue weighted by Gasteiger charge is -2.08. The highest BCUT2D eigenvalue weighted by Crippen LogP contribution is 2.15. The Hall–Kier alpha value is -2.34. The number of rotatable bonds is 5. The van der Waals surface area contributed by atoms with Gasteiger partial charge in [-0.15, -0.1) is 0 Å². The Morgan fingerprint density at radius 3 is 2.36 bits per heavy atom. The molecule has 0 aliphatic heterocycles. The molecule has 2 aromatic carbocycles. The van der Waals surface area contributed by atoms with Crippen molar-refractivity contribution in [2.75, 3.05) is 6.61 Å².